The molecule has 0 bridgehead atoms. The zero-order chi connectivity index (χ0) is 13.1. The standard InChI is InChI=1S/C15H22N2O/c1-11-3-5-13(6-4-11)7-8-17-9-12(2)14(10-17)15(16)18/h3-6,12,14H,7-10H2,1-2H3,(H2,16,18)/t12-,14-/m1/s1. The minimum absolute atomic E-state index is 0.0306. The fraction of sp³-hybridized carbons (Fsp3) is 0.533. The van der Waals surface area contributed by atoms with E-state index in [2.05, 4.69) is 43.0 Å². The molecule has 1 aliphatic rings. The number of primary amides is 1. The van der Waals surface area contributed by atoms with Gasteiger partial charge in [-0.2, -0.15) is 0 Å². The molecule has 2 rings (SSSR count). The Kier molecular flexibility index (Phi) is 4.02. The summed E-state index contributed by atoms with van der Waals surface area (Å²) in [6.45, 7) is 7.03. The summed E-state index contributed by atoms with van der Waals surface area (Å²) >= 11 is 0. The van der Waals surface area contributed by atoms with Crippen molar-refractivity contribution in [1.29, 1.82) is 0 Å². The minimum atomic E-state index is -0.152. The highest BCUT2D eigenvalue weighted by molar-refractivity contribution is 5.77. The average molecular weight is 246 g/mol. The lowest BCUT2D eigenvalue weighted by Gasteiger charge is -2.15. The van der Waals surface area contributed by atoms with Gasteiger partial charge in [0.15, 0.2) is 0 Å². The number of carbonyl (C=O) groups excluding carboxylic acids is 1. The van der Waals surface area contributed by atoms with E-state index >= 15 is 0 Å². The van der Waals surface area contributed by atoms with Crippen LogP contribution in [0.4, 0.5) is 0 Å². The maximum absolute atomic E-state index is 11.3. The van der Waals surface area contributed by atoms with Crippen LogP contribution in [0.25, 0.3) is 0 Å². The van der Waals surface area contributed by atoms with Crippen molar-refractivity contribution in [3.63, 3.8) is 0 Å². The van der Waals surface area contributed by atoms with E-state index in [0.717, 1.165) is 26.1 Å². The Hall–Kier alpha value is -1.35. The zero-order valence-electron chi connectivity index (χ0n) is 11.2. The molecular weight excluding hydrogens is 224 g/mol. The number of hydrogen-bond donors (Lipinski definition) is 1. The first-order valence-electron chi connectivity index (χ1n) is 6.63. The number of aryl methyl sites for hydroxylation is 1. The summed E-state index contributed by atoms with van der Waals surface area (Å²) in [6, 6.07) is 8.66. The van der Waals surface area contributed by atoms with Gasteiger partial charge in [-0.1, -0.05) is 36.8 Å². The predicted molar refractivity (Wildman–Crippen MR) is 73.2 cm³/mol. The molecule has 0 aliphatic carbocycles. The van der Waals surface area contributed by atoms with Gasteiger partial charge in [0.05, 0.1) is 5.92 Å². The third-order valence-electron chi connectivity index (χ3n) is 3.89. The van der Waals surface area contributed by atoms with E-state index in [1.165, 1.54) is 11.1 Å². The topological polar surface area (TPSA) is 46.3 Å². The van der Waals surface area contributed by atoms with Crippen LogP contribution in [0.1, 0.15) is 18.1 Å². The molecule has 3 nitrogen and oxygen atoms in total. The van der Waals surface area contributed by atoms with E-state index in [1.807, 2.05) is 0 Å². The summed E-state index contributed by atoms with van der Waals surface area (Å²) in [5.41, 5.74) is 8.06. The molecule has 0 unspecified atom stereocenters. The molecule has 0 spiro atoms. The normalized spacial score (nSPS) is 24.3. The summed E-state index contributed by atoms with van der Waals surface area (Å²) < 4.78 is 0. The number of carbonyl (C=O) groups is 1. The van der Waals surface area contributed by atoms with Crippen molar-refractivity contribution < 1.29 is 4.79 Å². The van der Waals surface area contributed by atoms with Crippen LogP contribution in [0.2, 0.25) is 0 Å². The van der Waals surface area contributed by atoms with Crippen LogP contribution in [0.5, 0.6) is 0 Å². The van der Waals surface area contributed by atoms with Crippen molar-refractivity contribution in [2.75, 3.05) is 19.6 Å². The van der Waals surface area contributed by atoms with Crippen molar-refractivity contribution in [3.05, 3.63) is 35.4 Å². The minimum Gasteiger partial charge on any atom is -0.369 e. The van der Waals surface area contributed by atoms with Crippen LogP contribution >= 0.6 is 0 Å². The lowest BCUT2D eigenvalue weighted by atomic mass is 9.98. The second kappa shape index (κ2) is 5.53. The van der Waals surface area contributed by atoms with E-state index < -0.39 is 0 Å². The Bertz CT molecular complexity index is 413. The van der Waals surface area contributed by atoms with Gasteiger partial charge in [-0.3, -0.25) is 4.79 Å². The van der Waals surface area contributed by atoms with E-state index in [1.54, 1.807) is 0 Å². The third-order valence-corrected chi connectivity index (χ3v) is 3.89. The second-order valence-electron chi connectivity index (χ2n) is 5.48. The van der Waals surface area contributed by atoms with Gasteiger partial charge in [-0.05, 0) is 24.8 Å². The molecule has 1 heterocycles. The molecule has 1 aromatic carbocycles. The first-order chi connectivity index (χ1) is 8.56. The maximum atomic E-state index is 11.3. The SMILES string of the molecule is Cc1ccc(CCN2C[C@@H](C)[C@H](C(N)=O)C2)cc1. The van der Waals surface area contributed by atoms with Crippen molar-refractivity contribution >= 4 is 5.91 Å². The van der Waals surface area contributed by atoms with Gasteiger partial charge in [-0.25, -0.2) is 0 Å². The molecule has 0 radical (unpaired) electrons. The van der Waals surface area contributed by atoms with Gasteiger partial charge in [0.1, 0.15) is 0 Å². The van der Waals surface area contributed by atoms with Gasteiger partial charge in [0.2, 0.25) is 5.91 Å². The fourth-order valence-electron chi connectivity index (χ4n) is 2.66. The van der Waals surface area contributed by atoms with Crippen LogP contribution in [0.15, 0.2) is 24.3 Å². The molecule has 3 heteroatoms. The van der Waals surface area contributed by atoms with E-state index in [4.69, 9.17) is 5.73 Å². The Morgan fingerprint density at radius 2 is 2.00 bits per heavy atom. The Labute approximate surface area is 109 Å². The monoisotopic (exact) mass is 246 g/mol. The van der Waals surface area contributed by atoms with Gasteiger partial charge < -0.3 is 10.6 Å². The summed E-state index contributed by atoms with van der Waals surface area (Å²) in [6.07, 6.45) is 1.04. The fourth-order valence-corrected chi connectivity index (χ4v) is 2.66. The Morgan fingerprint density at radius 1 is 1.33 bits per heavy atom. The molecule has 0 aromatic heterocycles. The summed E-state index contributed by atoms with van der Waals surface area (Å²) in [7, 11) is 0. The molecule has 1 amide bonds. The van der Waals surface area contributed by atoms with Crippen molar-refractivity contribution in [2.45, 2.75) is 20.3 Å². The molecular formula is C15H22N2O. The molecule has 2 atom stereocenters. The second-order valence-corrected chi connectivity index (χ2v) is 5.48. The molecule has 0 saturated carbocycles. The summed E-state index contributed by atoms with van der Waals surface area (Å²) in [5.74, 6) is 0.267. The largest absolute Gasteiger partial charge is 0.369 e. The lowest BCUT2D eigenvalue weighted by molar-refractivity contribution is -0.122. The summed E-state index contributed by atoms with van der Waals surface area (Å²) in [4.78, 5) is 13.6. The van der Waals surface area contributed by atoms with Crippen molar-refractivity contribution in [1.82, 2.24) is 4.90 Å². The lowest BCUT2D eigenvalue weighted by Crippen LogP contribution is -2.29. The molecule has 1 aromatic rings. The highest BCUT2D eigenvalue weighted by atomic mass is 16.1. The van der Waals surface area contributed by atoms with Gasteiger partial charge >= 0.3 is 0 Å². The van der Waals surface area contributed by atoms with Gasteiger partial charge in [-0.15, -0.1) is 0 Å². The van der Waals surface area contributed by atoms with E-state index in [-0.39, 0.29) is 11.8 Å². The third kappa shape index (κ3) is 3.10. The zero-order valence-corrected chi connectivity index (χ0v) is 11.2. The van der Waals surface area contributed by atoms with E-state index in [9.17, 15) is 4.79 Å². The predicted octanol–water partition coefficient (Wildman–Crippen LogP) is 1.59. The molecule has 18 heavy (non-hydrogen) atoms. The quantitative estimate of drug-likeness (QED) is 0.877. The van der Waals surface area contributed by atoms with E-state index in [0.29, 0.717) is 5.92 Å². The number of rotatable bonds is 4. The number of hydrogen-bond acceptors (Lipinski definition) is 2. The molecule has 1 fully saturated rings. The van der Waals surface area contributed by atoms with Gasteiger partial charge in [0.25, 0.3) is 0 Å². The van der Waals surface area contributed by atoms with Crippen molar-refractivity contribution in [3.8, 4) is 0 Å². The average Bonchev–Trinajstić information content (AvgIpc) is 2.70. The number of nitrogens with two attached hydrogens (primary N) is 1. The first kappa shape index (κ1) is 13.1. The highest BCUT2D eigenvalue weighted by Crippen LogP contribution is 2.22. The number of nitrogens with zero attached hydrogens (tertiary/aromatic N) is 1. The molecule has 1 aliphatic heterocycles. The Morgan fingerprint density at radius 3 is 2.56 bits per heavy atom. The highest BCUT2D eigenvalue weighted by Gasteiger charge is 2.32. The number of benzene rings is 1. The van der Waals surface area contributed by atoms with Crippen LogP contribution in [-0.4, -0.2) is 30.4 Å². The molecule has 2 N–H and O–H groups in total. The first-order valence-corrected chi connectivity index (χ1v) is 6.63. The van der Waals surface area contributed by atoms with Crippen LogP contribution < -0.4 is 5.73 Å². The molecule has 1 saturated heterocycles. The Balaban J connectivity index is 1.85. The summed E-state index contributed by atoms with van der Waals surface area (Å²) in [5, 5.41) is 0. The number of amides is 1. The number of likely N-dealkylation sites (tertiary alicyclic amines) is 1. The van der Waals surface area contributed by atoms with Crippen LogP contribution in [0.3, 0.4) is 0 Å². The smallest absolute Gasteiger partial charge is 0.222 e. The van der Waals surface area contributed by atoms with Crippen LogP contribution in [0, 0.1) is 18.8 Å². The maximum Gasteiger partial charge on any atom is 0.222 e. The van der Waals surface area contributed by atoms with Crippen LogP contribution in [-0.2, 0) is 11.2 Å². The van der Waals surface area contributed by atoms with Crippen molar-refractivity contribution in [2.24, 2.45) is 17.6 Å². The molecule has 98 valence electrons. The van der Waals surface area contributed by atoms with Gasteiger partial charge in [0, 0.05) is 19.6 Å².